The molecule has 1 unspecified atom stereocenters. The van der Waals surface area contributed by atoms with Gasteiger partial charge >= 0.3 is 0 Å². The second kappa shape index (κ2) is 6.78. The molecule has 1 aliphatic heterocycles. The number of phenols is 1. The Morgan fingerprint density at radius 1 is 1.35 bits per heavy atom. The van der Waals surface area contributed by atoms with Gasteiger partial charge in [-0.05, 0) is 71.9 Å². The molecule has 1 aromatic carbocycles. The first kappa shape index (κ1) is 15.6. The third-order valence-electron chi connectivity index (χ3n) is 4.20. The van der Waals surface area contributed by atoms with Gasteiger partial charge in [-0.2, -0.15) is 0 Å². The van der Waals surface area contributed by atoms with E-state index in [-0.39, 0.29) is 11.7 Å². The molecule has 110 valence electrons. The number of amides is 1. The van der Waals surface area contributed by atoms with Crippen molar-refractivity contribution in [1.29, 1.82) is 0 Å². The van der Waals surface area contributed by atoms with E-state index in [4.69, 9.17) is 0 Å². The van der Waals surface area contributed by atoms with Crippen LogP contribution < -0.4 is 0 Å². The van der Waals surface area contributed by atoms with Crippen LogP contribution in [-0.2, 0) is 0 Å². The second-order valence-corrected chi connectivity index (χ2v) is 7.06. The molecule has 1 amide bonds. The topological polar surface area (TPSA) is 40.5 Å². The summed E-state index contributed by atoms with van der Waals surface area (Å²) in [5.74, 6) is 1.64. The Labute approximate surface area is 134 Å². The van der Waals surface area contributed by atoms with E-state index in [1.54, 1.807) is 18.2 Å². The van der Waals surface area contributed by atoms with Gasteiger partial charge in [-0.15, -0.1) is 0 Å². The van der Waals surface area contributed by atoms with Crippen LogP contribution in [-0.4, -0.2) is 29.0 Å². The maximum Gasteiger partial charge on any atom is 0.253 e. The Morgan fingerprint density at radius 3 is 2.75 bits per heavy atom. The quantitative estimate of drug-likeness (QED) is 0.783. The normalized spacial score (nSPS) is 20.0. The molecule has 4 heteroatoms. The molecule has 1 N–H and O–H groups in total. The monoisotopic (exact) mass is 387 g/mol. The van der Waals surface area contributed by atoms with Gasteiger partial charge in [0.1, 0.15) is 5.75 Å². The average Bonchev–Trinajstić information content (AvgIpc) is 2.67. The van der Waals surface area contributed by atoms with Crippen molar-refractivity contribution in [2.75, 3.05) is 13.1 Å². The highest BCUT2D eigenvalue weighted by Gasteiger charge is 2.23. The number of likely N-dealkylation sites (tertiary alicyclic amines) is 1. The van der Waals surface area contributed by atoms with Crippen molar-refractivity contribution in [3.8, 4) is 5.75 Å². The Balaban J connectivity index is 2.07. The second-order valence-electron chi connectivity index (χ2n) is 5.89. The summed E-state index contributed by atoms with van der Waals surface area (Å²) in [6.07, 6.45) is 3.37. The molecule has 0 aromatic heterocycles. The third kappa shape index (κ3) is 3.65. The fourth-order valence-corrected chi connectivity index (χ4v) is 3.16. The largest absolute Gasteiger partial charge is 0.507 e. The summed E-state index contributed by atoms with van der Waals surface area (Å²) in [5, 5.41) is 9.74. The molecule has 1 aliphatic rings. The highest BCUT2D eigenvalue weighted by molar-refractivity contribution is 14.1. The summed E-state index contributed by atoms with van der Waals surface area (Å²) in [4.78, 5) is 14.4. The van der Waals surface area contributed by atoms with E-state index in [2.05, 4.69) is 36.4 Å². The van der Waals surface area contributed by atoms with Crippen LogP contribution >= 0.6 is 22.6 Å². The number of aromatic hydroxyl groups is 1. The summed E-state index contributed by atoms with van der Waals surface area (Å²) in [7, 11) is 0. The van der Waals surface area contributed by atoms with Crippen molar-refractivity contribution in [3.63, 3.8) is 0 Å². The zero-order valence-corrected chi connectivity index (χ0v) is 14.3. The van der Waals surface area contributed by atoms with Crippen LogP contribution in [0.5, 0.6) is 5.75 Å². The minimum absolute atomic E-state index is 0.0427. The molecule has 0 saturated carbocycles. The number of benzene rings is 1. The third-order valence-corrected chi connectivity index (χ3v) is 5.11. The Morgan fingerprint density at radius 2 is 2.10 bits per heavy atom. The Bertz CT molecular complexity index is 487. The van der Waals surface area contributed by atoms with Gasteiger partial charge in [0, 0.05) is 18.7 Å². The number of nitrogens with zero attached hydrogens (tertiary/aromatic N) is 1. The van der Waals surface area contributed by atoms with Crippen molar-refractivity contribution in [3.05, 3.63) is 27.3 Å². The number of carbonyl (C=O) groups excluding carboxylic acids is 1. The van der Waals surface area contributed by atoms with Gasteiger partial charge in [-0.25, -0.2) is 0 Å². The van der Waals surface area contributed by atoms with Crippen LogP contribution in [0.25, 0.3) is 0 Å². The van der Waals surface area contributed by atoms with E-state index in [0.29, 0.717) is 11.5 Å². The highest BCUT2D eigenvalue weighted by atomic mass is 127. The highest BCUT2D eigenvalue weighted by Crippen LogP contribution is 2.26. The molecular formula is C16H22INO2. The van der Waals surface area contributed by atoms with Gasteiger partial charge in [0.2, 0.25) is 0 Å². The molecule has 1 aromatic rings. The summed E-state index contributed by atoms with van der Waals surface area (Å²) < 4.78 is 0.773. The molecule has 0 radical (unpaired) electrons. The predicted octanol–water partition coefficient (Wildman–Crippen LogP) is 3.90. The fraction of sp³-hybridized carbons (Fsp3) is 0.562. The molecule has 2 rings (SSSR count). The van der Waals surface area contributed by atoms with E-state index in [9.17, 15) is 9.90 Å². The minimum Gasteiger partial charge on any atom is -0.507 e. The molecular weight excluding hydrogens is 365 g/mol. The smallest absolute Gasteiger partial charge is 0.253 e. The van der Waals surface area contributed by atoms with Crippen LogP contribution in [0.3, 0.4) is 0 Å². The zero-order valence-electron chi connectivity index (χ0n) is 12.1. The first-order valence-corrected chi connectivity index (χ1v) is 8.34. The SMILES string of the molecule is CC(C)C1CCCN(C(=O)c2ccc(I)c(O)c2)CC1. The number of phenolic OH excluding ortho intramolecular Hbond substituents is 1. The predicted molar refractivity (Wildman–Crippen MR) is 88.9 cm³/mol. The lowest BCUT2D eigenvalue weighted by molar-refractivity contribution is 0.0758. The van der Waals surface area contributed by atoms with Crippen LogP contribution in [0.4, 0.5) is 0 Å². The molecule has 1 fully saturated rings. The number of hydrogen-bond acceptors (Lipinski definition) is 2. The standard InChI is InChI=1S/C16H22INO2/c1-11(2)12-4-3-8-18(9-7-12)16(20)13-5-6-14(17)15(19)10-13/h5-6,10-12,19H,3-4,7-9H2,1-2H3. The van der Waals surface area contributed by atoms with E-state index in [0.717, 1.165) is 35.4 Å². The average molecular weight is 387 g/mol. The minimum atomic E-state index is 0.0427. The summed E-state index contributed by atoms with van der Waals surface area (Å²) in [6.45, 7) is 6.18. The van der Waals surface area contributed by atoms with Crippen LogP contribution in [0.1, 0.15) is 43.5 Å². The molecule has 20 heavy (non-hydrogen) atoms. The van der Waals surface area contributed by atoms with E-state index in [1.165, 1.54) is 6.42 Å². The van der Waals surface area contributed by atoms with Gasteiger partial charge in [-0.3, -0.25) is 4.79 Å². The van der Waals surface area contributed by atoms with Crippen LogP contribution in [0, 0.1) is 15.4 Å². The molecule has 1 atom stereocenters. The summed E-state index contributed by atoms with van der Waals surface area (Å²) in [5.41, 5.74) is 0.589. The molecule has 0 bridgehead atoms. The Kier molecular flexibility index (Phi) is 5.29. The molecule has 1 heterocycles. The lowest BCUT2D eigenvalue weighted by atomic mass is 9.89. The van der Waals surface area contributed by atoms with E-state index in [1.807, 2.05) is 4.90 Å². The van der Waals surface area contributed by atoms with E-state index < -0.39 is 0 Å². The molecule has 0 spiro atoms. The first-order valence-electron chi connectivity index (χ1n) is 7.27. The maximum absolute atomic E-state index is 12.5. The lowest BCUT2D eigenvalue weighted by Gasteiger charge is -2.21. The van der Waals surface area contributed by atoms with Gasteiger partial charge in [0.15, 0.2) is 0 Å². The van der Waals surface area contributed by atoms with Gasteiger partial charge in [0.05, 0.1) is 3.57 Å². The number of rotatable bonds is 2. The van der Waals surface area contributed by atoms with Crippen molar-refractivity contribution < 1.29 is 9.90 Å². The molecule has 1 saturated heterocycles. The van der Waals surface area contributed by atoms with Crippen molar-refractivity contribution in [2.24, 2.45) is 11.8 Å². The molecule has 0 aliphatic carbocycles. The summed E-state index contributed by atoms with van der Waals surface area (Å²) in [6, 6.07) is 5.17. The number of halogens is 1. The number of hydrogen-bond donors (Lipinski definition) is 1. The fourth-order valence-electron chi connectivity index (χ4n) is 2.82. The van der Waals surface area contributed by atoms with Crippen molar-refractivity contribution >= 4 is 28.5 Å². The Hall–Kier alpha value is -0.780. The van der Waals surface area contributed by atoms with Crippen molar-refractivity contribution in [1.82, 2.24) is 4.90 Å². The summed E-state index contributed by atoms with van der Waals surface area (Å²) >= 11 is 2.06. The number of carbonyl (C=O) groups is 1. The maximum atomic E-state index is 12.5. The molecule has 3 nitrogen and oxygen atoms in total. The van der Waals surface area contributed by atoms with Gasteiger partial charge < -0.3 is 10.0 Å². The first-order chi connectivity index (χ1) is 9.49. The van der Waals surface area contributed by atoms with Gasteiger partial charge in [-0.1, -0.05) is 13.8 Å². The van der Waals surface area contributed by atoms with Crippen molar-refractivity contribution in [2.45, 2.75) is 33.1 Å². The lowest BCUT2D eigenvalue weighted by Crippen LogP contribution is -2.32. The zero-order chi connectivity index (χ0) is 14.7. The van der Waals surface area contributed by atoms with E-state index >= 15 is 0 Å². The van der Waals surface area contributed by atoms with Crippen LogP contribution in [0.15, 0.2) is 18.2 Å². The van der Waals surface area contributed by atoms with Gasteiger partial charge in [0.25, 0.3) is 5.91 Å². The van der Waals surface area contributed by atoms with Crippen LogP contribution in [0.2, 0.25) is 0 Å².